The van der Waals surface area contributed by atoms with Crippen LogP contribution in [-0.2, 0) is 11.2 Å². The maximum Gasteiger partial charge on any atom is 0.254 e. The molecule has 1 aromatic heterocycles. The molecule has 0 spiro atoms. The summed E-state index contributed by atoms with van der Waals surface area (Å²) in [5, 5.41) is 2.12. The van der Waals surface area contributed by atoms with Crippen LogP contribution in [-0.4, -0.2) is 48.4 Å². The molecular formula is C28H30N2O3S. The van der Waals surface area contributed by atoms with Gasteiger partial charge in [0.1, 0.15) is 12.3 Å². The largest absolute Gasteiger partial charge is 0.497 e. The Balaban J connectivity index is 1.43. The van der Waals surface area contributed by atoms with Gasteiger partial charge in [-0.15, -0.1) is 11.3 Å². The minimum atomic E-state index is -0.113. The van der Waals surface area contributed by atoms with Crippen LogP contribution in [0.5, 0.6) is 5.75 Å². The van der Waals surface area contributed by atoms with Crippen LogP contribution in [0.1, 0.15) is 50.8 Å². The third kappa shape index (κ3) is 4.60. The van der Waals surface area contributed by atoms with E-state index in [0.29, 0.717) is 30.3 Å². The summed E-state index contributed by atoms with van der Waals surface area (Å²) in [6.07, 6.45) is 3.08. The van der Waals surface area contributed by atoms with Gasteiger partial charge in [0.25, 0.3) is 5.91 Å². The number of hydrogen-bond acceptors (Lipinski definition) is 4. The molecule has 34 heavy (non-hydrogen) atoms. The summed E-state index contributed by atoms with van der Waals surface area (Å²) in [5.74, 6) is 1.02. The van der Waals surface area contributed by atoms with Gasteiger partial charge in [-0.25, -0.2) is 0 Å². The van der Waals surface area contributed by atoms with E-state index in [4.69, 9.17) is 4.74 Å². The highest BCUT2D eigenvalue weighted by Crippen LogP contribution is 2.39. The molecule has 1 saturated carbocycles. The summed E-state index contributed by atoms with van der Waals surface area (Å²) in [5.41, 5.74) is 4.10. The van der Waals surface area contributed by atoms with Gasteiger partial charge in [0.2, 0.25) is 5.91 Å². The lowest BCUT2D eigenvalue weighted by Crippen LogP contribution is -2.47. The van der Waals surface area contributed by atoms with Crippen molar-refractivity contribution in [2.24, 2.45) is 5.92 Å². The molecule has 1 unspecified atom stereocenters. The number of amides is 2. The quantitative estimate of drug-likeness (QED) is 0.479. The highest BCUT2D eigenvalue weighted by molar-refractivity contribution is 7.10. The van der Waals surface area contributed by atoms with Crippen molar-refractivity contribution in [1.29, 1.82) is 0 Å². The van der Waals surface area contributed by atoms with Gasteiger partial charge in [-0.05, 0) is 78.4 Å². The molecule has 0 N–H and O–H groups in total. The number of nitrogens with zero attached hydrogens (tertiary/aromatic N) is 2. The zero-order valence-corrected chi connectivity index (χ0v) is 20.5. The number of aryl methyl sites for hydroxylation is 1. The second-order valence-corrected chi connectivity index (χ2v) is 10.3. The highest BCUT2D eigenvalue weighted by Gasteiger charge is 2.36. The lowest BCUT2D eigenvalue weighted by atomic mass is 9.90. The normalized spacial score (nSPS) is 17.2. The Morgan fingerprint density at radius 1 is 1.09 bits per heavy atom. The summed E-state index contributed by atoms with van der Waals surface area (Å²) in [4.78, 5) is 32.3. The first-order valence-corrected chi connectivity index (χ1v) is 12.8. The second kappa shape index (κ2) is 9.63. The average molecular weight is 475 g/mol. The van der Waals surface area contributed by atoms with E-state index in [0.717, 1.165) is 24.8 Å². The molecule has 2 amide bonds. The number of thiophene rings is 1. The smallest absolute Gasteiger partial charge is 0.254 e. The Hall–Kier alpha value is -3.12. The molecule has 0 radical (unpaired) electrons. The van der Waals surface area contributed by atoms with Crippen LogP contribution in [0.4, 0.5) is 0 Å². The van der Waals surface area contributed by atoms with E-state index in [1.54, 1.807) is 35.5 Å². The van der Waals surface area contributed by atoms with Crippen LogP contribution >= 0.6 is 11.3 Å². The Labute approximate surface area is 205 Å². The van der Waals surface area contributed by atoms with Gasteiger partial charge in [0.15, 0.2) is 0 Å². The molecular weight excluding hydrogens is 444 g/mol. The predicted octanol–water partition coefficient (Wildman–Crippen LogP) is 5.09. The fourth-order valence-electron chi connectivity index (χ4n) is 4.84. The third-order valence-electron chi connectivity index (χ3n) is 6.87. The minimum absolute atomic E-state index is 0.00185. The first kappa shape index (κ1) is 22.7. The zero-order valence-electron chi connectivity index (χ0n) is 19.7. The number of rotatable bonds is 7. The van der Waals surface area contributed by atoms with Crippen molar-refractivity contribution in [2.75, 3.05) is 26.7 Å². The van der Waals surface area contributed by atoms with E-state index < -0.39 is 0 Å². The Bertz CT molecular complexity index is 1200. The molecule has 1 aliphatic heterocycles. The van der Waals surface area contributed by atoms with Gasteiger partial charge in [0, 0.05) is 23.5 Å². The topological polar surface area (TPSA) is 49.9 Å². The van der Waals surface area contributed by atoms with Crippen LogP contribution in [0.15, 0.2) is 60.0 Å². The Morgan fingerprint density at radius 2 is 1.91 bits per heavy atom. The van der Waals surface area contributed by atoms with E-state index >= 15 is 0 Å². The number of ether oxygens (including phenoxy) is 1. The van der Waals surface area contributed by atoms with E-state index in [1.165, 1.54) is 16.0 Å². The lowest BCUT2D eigenvalue weighted by molar-refractivity contribution is -0.134. The molecule has 0 bridgehead atoms. The van der Waals surface area contributed by atoms with Crippen molar-refractivity contribution in [2.45, 2.75) is 32.2 Å². The van der Waals surface area contributed by atoms with Crippen molar-refractivity contribution in [3.8, 4) is 5.75 Å². The zero-order chi connectivity index (χ0) is 23.7. The van der Waals surface area contributed by atoms with E-state index in [2.05, 4.69) is 30.5 Å². The summed E-state index contributed by atoms with van der Waals surface area (Å²) in [6.45, 7) is 3.48. The number of hydrogen-bond donors (Lipinski definition) is 0. The fraction of sp³-hybridized carbons (Fsp3) is 0.357. The molecule has 1 aliphatic carbocycles. The van der Waals surface area contributed by atoms with Gasteiger partial charge in [-0.3, -0.25) is 9.59 Å². The van der Waals surface area contributed by atoms with Gasteiger partial charge >= 0.3 is 0 Å². The molecule has 3 aromatic rings. The molecule has 5 nitrogen and oxygen atoms in total. The van der Waals surface area contributed by atoms with Crippen LogP contribution in [0.3, 0.4) is 0 Å². The van der Waals surface area contributed by atoms with E-state index in [9.17, 15) is 9.59 Å². The highest BCUT2D eigenvalue weighted by atomic mass is 32.1. The predicted molar refractivity (Wildman–Crippen MR) is 134 cm³/mol. The molecule has 1 atom stereocenters. The molecule has 2 aromatic carbocycles. The van der Waals surface area contributed by atoms with Crippen LogP contribution in [0.25, 0.3) is 0 Å². The third-order valence-corrected chi connectivity index (χ3v) is 7.87. The summed E-state index contributed by atoms with van der Waals surface area (Å²) < 4.78 is 5.31. The number of carbonyl (C=O) groups is 2. The molecule has 0 saturated heterocycles. The Morgan fingerprint density at radius 3 is 2.68 bits per heavy atom. The molecule has 2 heterocycles. The van der Waals surface area contributed by atoms with Crippen LogP contribution in [0, 0.1) is 12.8 Å². The minimum Gasteiger partial charge on any atom is -0.497 e. The van der Waals surface area contributed by atoms with Crippen LogP contribution in [0.2, 0.25) is 0 Å². The molecule has 2 aliphatic rings. The van der Waals surface area contributed by atoms with Crippen molar-refractivity contribution in [3.05, 3.63) is 87.1 Å². The summed E-state index contributed by atoms with van der Waals surface area (Å²) >= 11 is 1.77. The second-order valence-electron chi connectivity index (χ2n) is 9.26. The van der Waals surface area contributed by atoms with E-state index in [1.807, 2.05) is 29.2 Å². The first-order valence-electron chi connectivity index (χ1n) is 11.9. The van der Waals surface area contributed by atoms with Crippen molar-refractivity contribution < 1.29 is 14.3 Å². The van der Waals surface area contributed by atoms with Crippen molar-refractivity contribution >= 4 is 23.2 Å². The standard InChI is InChI=1S/C28H30N2O3S/c1-19-6-3-4-9-23(19)27-24-13-15-34-25(24)12-14-30(27)26(31)18-29(17-20-10-11-20)28(32)21-7-5-8-22(16-21)33-2/h3-9,13,15-16,20,27H,10-12,14,17-18H2,1-2H3. The number of benzene rings is 2. The maximum atomic E-state index is 13.8. The van der Waals surface area contributed by atoms with Gasteiger partial charge in [0.05, 0.1) is 13.2 Å². The summed E-state index contributed by atoms with van der Waals surface area (Å²) in [6, 6.07) is 17.5. The number of methoxy groups -OCH3 is 1. The summed E-state index contributed by atoms with van der Waals surface area (Å²) in [7, 11) is 1.59. The number of carbonyl (C=O) groups excluding carboxylic acids is 2. The van der Waals surface area contributed by atoms with Gasteiger partial charge in [-0.2, -0.15) is 0 Å². The molecule has 6 heteroatoms. The molecule has 1 fully saturated rings. The first-order chi connectivity index (χ1) is 16.5. The molecule has 5 rings (SSSR count). The Kier molecular flexibility index (Phi) is 6.42. The van der Waals surface area contributed by atoms with Crippen molar-refractivity contribution in [1.82, 2.24) is 9.80 Å². The van der Waals surface area contributed by atoms with E-state index in [-0.39, 0.29) is 24.4 Å². The average Bonchev–Trinajstić information content (AvgIpc) is 3.55. The maximum absolute atomic E-state index is 13.8. The number of fused-ring (bicyclic) bond motifs is 1. The SMILES string of the molecule is COc1cccc(C(=O)N(CC(=O)N2CCc3sccc3C2c2ccccc2C)CC2CC2)c1. The lowest BCUT2D eigenvalue weighted by Gasteiger charge is -2.38. The van der Waals surface area contributed by atoms with Crippen molar-refractivity contribution in [3.63, 3.8) is 0 Å². The monoisotopic (exact) mass is 474 g/mol. The molecule has 176 valence electrons. The van der Waals surface area contributed by atoms with Crippen LogP contribution < -0.4 is 4.74 Å². The fourth-order valence-corrected chi connectivity index (χ4v) is 5.74. The van der Waals surface area contributed by atoms with Gasteiger partial charge < -0.3 is 14.5 Å². The van der Waals surface area contributed by atoms with Gasteiger partial charge in [-0.1, -0.05) is 30.3 Å².